The Balaban J connectivity index is 1.60. The second kappa shape index (κ2) is 11.7. The van der Waals surface area contributed by atoms with Crippen LogP contribution in [0.1, 0.15) is 22.3 Å². The van der Waals surface area contributed by atoms with Crippen molar-refractivity contribution in [1.29, 1.82) is 0 Å². The van der Waals surface area contributed by atoms with Gasteiger partial charge in [0.25, 0.3) is 0 Å². The van der Waals surface area contributed by atoms with Crippen LogP contribution in [-0.4, -0.2) is 35.5 Å². The summed E-state index contributed by atoms with van der Waals surface area (Å²) in [6.07, 6.45) is 3.50. The molecule has 4 rings (SSSR count). The maximum absolute atomic E-state index is 5.62. The molecule has 0 radical (unpaired) electrons. The predicted molar refractivity (Wildman–Crippen MR) is 144 cm³/mol. The molecule has 0 spiro atoms. The molecule has 36 heavy (non-hydrogen) atoms. The molecule has 0 aromatic heterocycles. The average Bonchev–Trinajstić information content (AvgIpc) is 2.93. The molecule has 0 fully saturated rings. The number of benzene rings is 4. The summed E-state index contributed by atoms with van der Waals surface area (Å²) in [6.45, 7) is 0. The molecule has 0 heterocycles. The van der Waals surface area contributed by atoms with Gasteiger partial charge in [-0.3, -0.25) is 0 Å². The third kappa shape index (κ3) is 5.51. The van der Waals surface area contributed by atoms with Crippen molar-refractivity contribution in [1.82, 2.24) is 0 Å². The van der Waals surface area contributed by atoms with Gasteiger partial charge in [0.1, 0.15) is 0 Å². The van der Waals surface area contributed by atoms with E-state index in [0.717, 1.165) is 42.7 Å². The normalized spacial score (nSPS) is 10.8. The molecule has 0 atom stereocenters. The van der Waals surface area contributed by atoms with Crippen LogP contribution in [0.2, 0.25) is 0 Å². The molecule has 5 heteroatoms. The second-order valence-corrected chi connectivity index (χ2v) is 8.69. The summed E-state index contributed by atoms with van der Waals surface area (Å²) < 4.78 is 27.8. The Bertz CT molecular complexity index is 1300. The molecule has 4 aromatic rings. The lowest BCUT2D eigenvalue weighted by molar-refractivity contribution is 0.324. The minimum absolute atomic E-state index is 0.603. The molecular weight excluding hydrogens is 452 g/mol. The van der Waals surface area contributed by atoms with E-state index in [4.69, 9.17) is 23.7 Å². The van der Waals surface area contributed by atoms with E-state index in [2.05, 4.69) is 54.6 Å². The van der Waals surface area contributed by atoms with Gasteiger partial charge in [0.2, 0.25) is 5.75 Å². The van der Waals surface area contributed by atoms with Crippen molar-refractivity contribution in [3.8, 4) is 28.7 Å². The molecule has 0 N–H and O–H groups in total. The summed E-state index contributed by atoms with van der Waals surface area (Å²) >= 11 is 0. The lowest BCUT2D eigenvalue weighted by atomic mass is 9.94. The number of fused-ring (bicyclic) bond motifs is 1. The Morgan fingerprint density at radius 1 is 0.444 bits per heavy atom. The summed E-state index contributed by atoms with van der Waals surface area (Å²) in [5, 5.41) is 2.53. The lowest BCUT2D eigenvalue weighted by Gasteiger charge is -2.17. The minimum Gasteiger partial charge on any atom is -0.493 e. The van der Waals surface area contributed by atoms with E-state index in [1.54, 1.807) is 35.5 Å². The fourth-order valence-corrected chi connectivity index (χ4v) is 4.66. The molecule has 188 valence electrons. The SMILES string of the molecule is COc1cc(CCc2cc(OC)c(OC)c(OC)c2)c(CCc2ccc3ccccc3c2)cc1OC. The smallest absolute Gasteiger partial charge is 0.203 e. The van der Waals surface area contributed by atoms with Crippen LogP contribution in [0.4, 0.5) is 0 Å². The molecule has 5 nitrogen and oxygen atoms in total. The Morgan fingerprint density at radius 3 is 1.50 bits per heavy atom. The van der Waals surface area contributed by atoms with Crippen LogP contribution in [0.5, 0.6) is 28.7 Å². The molecule has 0 aliphatic carbocycles. The largest absolute Gasteiger partial charge is 0.493 e. The van der Waals surface area contributed by atoms with Crippen LogP contribution in [0.15, 0.2) is 66.7 Å². The van der Waals surface area contributed by atoms with E-state index in [9.17, 15) is 0 Å². The highest BCUT2D eigenvalue weighted by atomic mass is 16.5. The summed E-state index contributed by atoms with van der Waals surface area (Å²) in [6, 6.07) is 23.4. The Morgan fingerprint density at radius 2 is 0.972 bits per heavy atom. The van der Waals surface area contributed by atoms with E-state index in [1.807, 2.05) is 12.1 Å². The topological polar surface area (TPSA) is 46.2 Å². The van der Waals surface area contributed by atoms with Gasteiger partial charge in [-0.25, -0.2) is 0 Å². The van der Waals surface area contributed by atoms with E-state index in [1.165, 1.54) is 27.5 Å². The Hall–Kier alpha value is -3.86. The first-order valence-electron chi connectivity index (χ1n) is 12.1. The van der Waals surface area contributed by atoms with Gasteiger partial charge >= 0.3 is 0 Å². The fourth-order valence-electron chi connectivity index (χ4n) is 4.66. The molecule has 0 aliphatic rings. The molecule has 4 aromatic carbocycles. The van der Waals surface area contributed by atoms with Crippen molar-refractivity contribution in [3.05, 3.63) is 89.0 Å². The molecule has 0 amide bonds. The summed E-state index contributed by atoms with van der Waals surface area (Å²) in [5.41, 5.74) is 4.93. The molecule has 0 saturated carbocycles. The van der Waals surface area contributed by atoms with E-state index < -0.39 is 0 Å². The van der Waals surface area contributed by atoms with Gasteiger partial charge in [0, 0.05) is 0 Å². The third-order valence-electron chi connectivity index (χ3n) is 6.61. The van der Waals surface area contributed by atoms with Gasteiger partial charge in [-0.2, -0.15) is 0 Å². The van der Waals surface area contributed by atoms with Gasteiger partial charge in [-0.15, -0.1) is 0 Å². The van der Waals surface area contributed by atoms with Gasteiger partial charge in [-0.1, -0.05) is 42.5 Å². The average molecular weight is 487 g/mol. The summed E-state index contributed by atoms with van der Waals surface area (Å²) in [5.74, 6) is 3.42. The van der Waals surface area contributed by atoms with Crippen LogP contribution < -0.4 is 23.7 Å². The summed E-state index contributed by atoms with van der Waals surface area (Å²) in [7, 11) is 8.25. The van der Waals surface area contributed by atoms with Crippen molar-refractivity contribution in [3.63, 3.8) is 0 Å². The molecular formula is C31H34O5. The highest BCUT2D eigenvalue weighted by Crippen LogP contribution is 2.39. The Labute approximate surface area is 213 Å². The zero-order valence-electron chi connectivity index (χ0n) is 21.7. The third-order valence-corrected chi connectivity index (χ3v) is 6.61. The number of hydrogen-bond acceptors (Lipinski definition) is 5. The van der Waals surface area contributed by atoms with Crippen molar-refractivity contribution >= 4 is 10.8 Å². The molecule has 0 saturated heterocycles. The van der Waals surface area contributed by atoms with Crippen LogP contribution in [0, 0.1) is 0 Å². The fraction of sp³-hybridized carbons (Fsp3) is 0.290. The first-order chi connectivity index (χ1) is 17.6. The van der Waals surface area contributed by atoms with Crippen LogP contribution in [-0.2, 0) is 25.7 Å². The zero-order chi connectivity index (χ0) is 25.5. The number of methoxy groups -OCH3 is 5. The van der Waals surface area contributed by atoms with Gasteiger partial charge in [0.15, 0.2) is 23.0 Å². The van der Waals surface area contributed by atoms with Crippen molar-refractivity contribution in [2.45, 2.75) is 25.7 Å². The predicted octanol–water partition coefficient (Wildman–Crippen LogP) is 6.45. The second-order valence-electron chi connectivity index (χ2n) is 8.69. The first-order valence-corrected chi connectivity index (χ1v) is 12.1. The molecule has 0 unspecified atom stereocenters. The van der Waals surface area contributed by atoms with Crippen molar-refractivity contribution in [2.24, 2.45) is 0 Å². The van der Waals surface area contributed by atoms with Crippen molar-refractivity contribution in [2.75, 3.05) is 35.5 Å². The van der Waals surface area contributed by atoms with E-state index in [0.29, 0.717) is 17.2 Å². The van der Waals surface area contributed by atoms with Gasteiger partial charge in [-0.05, 0) is 83.0 Å². The number of ether oxygens (including phenoxy) is 5. The monoisotopic (exact) mass is 486 g/mol. The van der Waals surface area contributed by atoms with E-state index >= 15 is 0 Å². The standard InChI is InChI=1S/C31H34O5/c1-32-27-19-25(14-11-21-10-13-23-8-6-7-9-24(23)16-21)26(20-28(27)33-2)15-12-22-17-29(34-3)31(36-5)30(18-22)35-4/h6-10,13,16-20H,11-12,14-15H2,1-5H3. The summed E-state index contributed by atoms with van der Waals surface area (Å²) in [4.78, 5) is 0. The van der Waals surface area contributed by atoms with Gasteiger partial charge < -0.3 is 23.7 Å². The highest BCUT2D eigenvalue weighted by Gasteiger charge is 2.15. The molecule has 0 aliphatic heterocycles. The number of rotatable bonds is 11. The maximum atomic E-state index is 5.62. The zero-order valence-corrected chi connectivity index (χ0v) is 21.7. The first kappa shape index (κ1) is 25.2. The lowest BCUT2D eigenvalue weighted by Crippen LogP contribution is -2.03. The highest BCUT2D eigenvalue weighted by molar-refractivity contribution is 5.83. The van der Waals surface area contributed by atoms with Crippen LogP contribution in [0.25, 0.3) is 10.8 Å². The van der Waals surface area contributed by atoms with Gasteiger partial charge in [0.05, 0.1) is 35.5 Å². The van der Waals surface area contributed by atoms with Crippen LogP contribution in [0.3, 0.4) is 0 Å². The van der Waals surface area contributed by atoms with Crippen LogP contribution >= 0.6 is 0 Å². The quantitative estimate of drug-likeness (QED) is 0.244. The maximum Gasteiger partial charge on any atom is 0.203 e. The number of hydrogen-bond donors (Lipinski definition) is 0. The van der Waals surface area contributed by atoms with Crippen molar-refractivity contribution < 1.29 is 23.7 Å². The number of aryl methyl sites for hydroxylation is 4. The van der Waals surface area contributed by atoms with E-state index in [-0.39, 0.29) is 0 Å². The molecule has 0 bridgehead atoms. The Kier molecular flexibility index (Phi) is 8.21. The minimum atomic E-state index is 0.603.